The van der Waals surface area contributed by atoms with Crippen molar-refractivity contribution in [2.24, 2.45) is 0 Å². The molecular formula is C8H7N3O2S. The molecule has 2 aromatic rings. The van der Waals surface area contributed by atoms with E-state index >= 15 is 0 Å². The number of thiazole rings is 1. The Morgan fingerprint density at radius 1 is 1.57 bits per heavy atom. The molecule has 0 saturated carbocycles. The second-order valence-electron chi connectivity index (χ2n) is 2.87. The Balaban J connectivity index is 2.80. The Bertz CT molecular complexity index is 521. The first kappa shape index (κ1) is 8.89. The minimum Gasteiger partial charge on any atom is -0.375 e. The van der Waals surface area contributed by atoms with E-state index in [-0.39, 0.29) is 5.69 Å². The lowest BCUT2D eigenvalue weighted by molar-refractivity contribution is -0.385. The highest BCUT2D eigenvalue weighted by atomic mass is 32.1. The van der Waals surface area contributed by atoms with E-state index in [9.17, 15) is 10.1 Å². The van der Waals surface area contributed by atoms with Crippen molar-refractivity contribution in [3.8, 4) is 0 Å². The van der Waals surface area contributed by atoms with Crippen molar-refractivity contribution in [3.05, 3.63) is 27.8 Å². The van der Waals surface area contributed by atoms with Crippen molar-refractivity contribution in [1.82, 2.24) is 4.98 Å². The Morgan fingerprint density at radius 2 is 2.29 bits per heavy atom. The van der Waals surface area contributed by atoms with Gasteiger partial charge in [0.25, 0.3) is 5.69 Å². The monoisotopic (exact) mass is 209 g/mol. The van der Waals surface area contributed by atoms with Gasteiger partial charge in [-0.15, -0.1) is 0 Å². The third-order valence-electron chi connectivity index (χ3n) is 2.00. The van der Waals surface area contributed by atoms with Crippen molar-refractivity contribution in [2.75, 3.05) is 5.73 Å². The van der Waals surface area contributed by atoms with Crippen molar-refractivity contribution in [3.63, 3.8) is 0 Å². The first-order valence-corrected chi connectivity index (χ1v) is 4.71. The van der Waals surface area contributed by atoms with Gasteiger partial charge in [-0.3, -0.25) is 10.1 Å². The molecule has 0 aliphatic heterocycles. The third kappa shape index (κ3) is 1.20. The van der Waals surface area contributed by atoms with Gasteiger partial charge in [-0.1, -0.05) is 11.3 Å². The molecule has 5 nitrogen and oxygen atoms in total. The zero-order valence-electron chi connectivity index (χ0n) is 7.35. The SMILES string of the molecule is Cc1c([N+](=O)[O-])ccc2sc(N)nc12. The Kier molecular flexibility index (Phi) is 1.85. The highest BCUT2D eigenvalue weighted by molar-refractivity contribution is 7.22. The molecule has 0 fully saturated rings. The molecule has 0 radical (unpaired) electrons. The molecule has 0 aliphatic rings. The topological polar surface area (TPSA) is 82.0 Å². The predicted octanol–water partition coefficient (Wildman–Crippen LogP) is 2.10. The van der Waals surface area contributed by atoms with Crippen LogP contribution in [0, 0.1) is 17.0 Å². The maximum absolute atomic E-state index is 10.6. The lowest BCUT2D eigenvalue weighted by Crippen LogP contribution is -1.91. The van der Waals surface area contributed by atoms with E-state index in [0.29, 0.717) is 16.2 Å². The van der Waals surface area contributed by atoms with Gasteiger partial charge in [-0.25, -0.2) is 4.98 Å². The first-order chi connectivity index (χ1) is 6.59. The smallest absolute Gasteiger partial charge is 0.274 e. The zero-order chi connectivity index (χ0) is 10.3. The fourth-order valence-corrected chi connectivity index (χ4v) is 2.12. The number of rotatable bonds is 1. The van der Waals surface area contributed by atoms with Gasteiger partial charge in [0.05, 0.1) is 20.7 Å². The van der Waals surface area contributed by atoms with Gasteiger partial charge in [0.2, 0.25) is 0 Å². The van der Waals surface area contributed by atoms with E-state index < -0.39 is 4.92 Å². The van der Waals surface area contributed by atoms with E-state index in [1.165, 1.54) is 17.4 Å². The number of nitrogens with zero attached hydrogens (tertiary/aromatic N) is 2. The minimum absolute atomic E-state index is 0.0859. The van der Waals surface area contributed by atoms with E-state index in [0.717, 1.165) is 4.70 Å². The van der Waals surface area contributed by atoms with Crippen molar-refractivity contribution >= 4 is 32.4 Å². The molecule has 0 spiro atoms. The van der Waals surface area contributed by atoms with Crippen LogP contribution in [0.4, 0.5) is 10.8 Å². The molecule has 2 rings (SSSR count). The number of nitrogens with two attached hydrogens (primary N) is 1. The molecule has 1 aromatic heterocycles. The number of fused-ring (bicyclic) bond motifs is 1. The number of nitro benzene ring substituents is 1. The van der Waals surface area contributed by atoms with E-state index in [4.69, 9.17) is 5.73 Å². The summed E-state index contributed by atoms with van der Waals surface area (Å²) in [5, 5.41) is 11.1. The van der Waals surface area contributed by atoms with Gasteiger partial charge in [0.1, 0.15) is 0 Å². The second-order valence-corrected chi connectivity index (χ2v) is 3.93. The van der Waals surface area contributed by atoms with Crippen LogP contribution in [0.25, 0.3) is 10.2 Å². The number of benzene rings is 1. The van der Waals surface area contributed by atoms with Gasteiger partial charge in [-0.05, 0) is 13.0 Å². The number of anilines is 1. The average Bonchev–Trinajstić information content (AvgIpc) is 2.46. The van der Waals surface area contributed by atoms with E-state index in [1.807, 2.05) is 0 Å². The average molecular weight is 209 g/mol. The molecule has 0 atom stereocenters. The number of aryl methyl sites for hydroxylation is 1. The van der Waals surface area contributed by atoms with Crippen LogP contribution in [0.3, 0.4) is 0 Å². The summed E-state index contributed by atoms with van der Waals surface area (Å²) in [4.78, 5) is 14.3. The van der Waals surface area contributed by atoms with Crippen LogP contribution in [0.2, 0.25) is 0 Å². The number of hydrogen-bond acceptors (Lipinski definition) is 5. The number of nitro groups is 1. The van der Waals surface area contributed by atoms with Crippen LogP contribution < -0.4 is 5.73 Å². The Morgan fingerprint density at radius 3 is 2.93 bits per heavy atom. The first-order valence-electron chi connectivity index (χ1n) is 3.89. The molecule has 2 N–H and O–H groups in total. The molecular weight excluding hydrogens is 202 g/mol. The van der Waals surface area contributed by atoms with Crippen LogP contribution in [-0.4, -0.2) is 9.91 Å². The molecule has 0 saturated heterocycles. The fraction of sp³-hybridized carbons (Fsp3) is 0.125. The van der Waals surface area contributed by atoms with E-state index in [1.54, 1.807) is 13.0 Å². The molecule has 1 aromatic carbocycles. The summed E-state index contributed by atoms with van der Waals surface area (Å²) in [6, 6.07) is 3.16. The summed E-state index contributed by atoms with van der Waals surface area (Å²) in [5.41, 5.74) is 6.81. The molecule has 14 heavy (non-hydrogen) atoms. The van der Waals surface area contributed by atoms with Crippen LogP contribution in [0.1, 0.15) is 5.56 Å². The van der Waals surface area contributed by atoms with Crippen molar-refractivity contribution in [2.45, 2.75) is 6.92 Å². The number of nitrogen functional groups attached to an aromatic ring is 1. The maximum Gasteiger partial charge on any atom is 0.274 e. The quantitative estimate of drug-likeness (QED) is 0.575. The Labute approximate surface area is 83.3 Å². The highest BCUT2D eigenvalue weighted by Gasteiger charge is 2.15. The largest absolute Gasteiger partial charge is 0.375 e. The molecule has 0 amide bonds. The molecule has 72 valence electrons. The summed E-state index contributed by atoms with van der Waals surface area (Å²) >= 11 is 1.33. The van der Waals surface area contributed by atoms with Gasteiger partial charge in [0, 0.05) is 6.07 Å². The van der Waals surface area contributed by atoms with Gasteiger partial charge < -0.3 is 5.73 Å². The summed E-state index contributed by atoms with van der Waals surface area (Å²) in [5.74, 6) is 0. The summed E-state index contributed by atoms with van der Waals surface area (Å²) in [7, 11) is 0. The van der Waals surface area contributed by atoms with Crippen LogP contribution in [-0.2, 0) is 0 Å². The highest BCUT2D eigenvalue weighted by Crippen LogP contribution is 2.31. The maximum atomic E-state index is 10.6. The van der Waals surface area contributed by atoms with Crippen molar-refractivity contribution in [1.29, 1.82) is 0 Å². The predicted molar refractivity (Wildman–Crippen MR) is 55.4 cm³/mol. The van der Waals surface area contributed by atoms with E-state index in [2.05, 4.69) is 4.98 Å². The van der Waals surface area contributed by atoms with Crippen LogP contribution in [0.15, 0.2) is 12.1 Å². The molecule has 6 heteroatoms. The van der Waals surface area contributed by atoms with Gasteiger partial charge in [0.15, 0.2) is 5.13 Å². The van der Waals surface area contributed by atoms with Gasteiger partial charge >= 0.3 is 0 Å². The molecule has 0 unspecified atom stereocenters. The third-order valence-corrected chi connectivity index (χ3v) is 2.85. The second kappa shape index (κ2) is 2.91. The normalized spacial score (nSPS) is 10.6. The van der Waals surface area contributed by atoms with Crippen molar-refractivity contribution < 1.29 is 4.92 Å². The van der Waals surface area contributed by atoms with Crippen LogP contribution in [0.5, 0.6) is 0 Å². The lowest BCUT2D eigenvalue weighted by Gasteiger charge is -1.96. The fourth-order valence-electron chi connectivity index (χ4n) is 1.33. The zero-order valence-corrected chi connectivity index (χ0v) is 8.17. The summed E-state index contributed by atoms with van der Waals surface area (Å²) in [6.07, 6.45) is 0. The molecule has 0 bridgehead atoms. The summed E-state index contributed by atoms with van der Waals surface area (Å²) < 4.78 is 0.880. The summed E-state index contributed by atoms with van der Waals surface area (Å²) in [6.45, 7) is 1.68. The Hall–Kier alpha value is -1.69. The van der Waals surface area contributed by atoms with Crippen LogP contribution >= 0.6 is 11.3 Å². The molecule has 0 aliphatic carbocycles. The standard InChI is InChI=1S/C8H7N3O2S/c1-4-5(11(12)13)2-3-6-7(4)10-8(9)14-6/h2-3H,1H3,(H2,9,10). The number of hydrogen-bond donors (Lipinski definition) is 1. The minimum atomic E-state index is -0.412. The van der Waals surface area contributed by atoms with Gasteiger partial charge in [-0.2, -0.15) is 0 Å². The molecule has 1 heterocycles. The number of aromatic nitrogens is 1. The lowest BCUT2D eigenvalue weighted by atomic mass is 10.2.